The van der Waals surface area contributed by atoms with Gasteiger partial charge in [0.2, 0.25) is 0 Å². The van der Waals surface area contributed by atoms with Gasteiger partial charge < -0.3 is 29.5 Å². The maximum Gasteiger partial charge on any atom is 0.410 e. The Kier molecular flexibility index (Phi) is 8.95. The van der Waals surface area contributed by atoms with E-state index < -0.39 is 81.9 Å². The van der Waals surface area contributed by atoms with Crippen LogP contribution >= 0.6 is 0 Å². The normalized spacial score (nSPS) is 34.0. The van der Waals surface area contributed by atoms with Gasteiger partial charge in [-0.15, -0.1) is 0 Å². The molecule has 0 spiro atoms. The number of carbonyl (C=O) groups is 4. The highest BCUT2D eigenvalue weighted by atomic mass is 16.6. The Bertz CT molecular complexity index is 1050. The number of piperidine rings is 2. The Morgan fingerprint density at radius 2 is 1.05 bits per heavy atom. The van der Waals surface area contributed by atoms with Crippen molar-refractivity contribution in [1.29, 1.82) is 0 Å². The number of ether oxygens (including phenoxy) is 2. The molecule has 2 bridgehead atoms. The van der Waals surface area contributed by atoms with Crippen molar-refractivity contribution in [3.63, 3.8) is 0 Å². The lowest BCUT2D eigenvalue weighted by Gasteiger charge is -2.57. The zero-order valence-electron chi connectivity index (χ0n) is 27.2. The van der Waals surface area contributed by atoms with E-state index >= 15 is 0 Å². The van der Waals surface area contributed by atoms with Crippen LogP contribution in [0.25, 0.3) is 0 Å². The van der Waals surface area contributed by atoms with Gasteiger partial charge in [0.1, 0.15) is 11.2 Å². The Hall–Kier alpha value is -2.78. The summed E-state index contributed by atoms with van der Waals surface area (Å²) in [4.78, 5) is 57.9. The Balaban J connectivity index is 1.84. The SMILES string of the molecule is CC(C1CCCCN1C(=O)OC(C)(C)C)C1(C(=O)O)C2C=CC(C2)C1(C(=O)O)C(C)C1CCCCN1C(=O)OC(C)(C)C. The summed E-state index contributed by atoms with van der Waals surface area (Å²) in [6.45, 7) is 15.3. The second-order valence-corrected chi connectivity index (χ2v) is 15.2. The fourth-order valence-electron chi connectivity index (χ4n) is 9.13. The monoisotopic (exact) mass is 604 g/mol. The minimum absolute atomic E-state index is 0.408. The predicted octanol–water partition coefficient (Wildman–Crippen LogP) is 6.19. The van der Waals surface area contributed by atoms with Crippen molar-refractivity contribution in [2.45, 2.75) is 124 Å². The molecule has 2 N–H and O–H groups in total. The van der Waals surface area contributed by atoms with Crippen LogP contribution in [0.1, 0.15) is 100 Å². The van der Waals surface area contributed by atoms with Crippen LogP contribution in [0.5, 0.6) is 0 Å². The second-order valence-electron chi connectivity index (χ2n) is 15.2. The molecule has 8 atom stereocenters. The largest absolute Gasteiger partial charge is 0.481 e. The first-order valence-corrected chi connectivity index (χ1v) is 16.0. The molecule has 10 nitrogen and oxygen atoms in total. The molecule has 2 aliphatic carbocycles. The van der Waals surface area contributed by atoms with Crippen LogP contribution < -0.4 is 0 Å². The van der Waals surface area contributed by atoms with Crippen LogP contribution in [0.15, 0.2) is 12.2 Å². The van der Waals surface area contributed by atoms with E-state index in [9.17, 15) is 29.4 Å². The van der Waals surface area contributed by atoms with Crippen LogP contribution in [0.4, 0.5) is 9.59 Å². The Labute approximate surface area is 256 Å². The summed E-state index contributed by atoms with van der Waals surface area (Å²) in [5, 5.41) is 22.6. The summed E-state index contributed by atoms with van der Waals surface area (Å²) in [6, 6.07) is -1.02. The van der Waals surface area contributed by atoms with Gasteiger partial charge in [0, 0.05) is 25.2 Å². The van der Waals surface area contributed by atoms with Crippen LogP contribution in [0.3, 0.4) is 0 Å². The van der Waals surface area contributed by atoms with Crippen molar-refractivity contribution in [1.82, 2.24) is 9.80 Å². The van der Waals surface area contributed by atoms with Gasteiger partial charge in [-0.05, 0) is 110 Å². The van der Waals surface area contributed by atoms with Crippen LogP contribution in [-0.4, -0.2) is 80.5 Å². The highest BCUT2D eigenvalue weighted by Crippen LogP contribution is 2.71. The van der Waals surface area contributed by atoms with E-state index in [0.29, 0.717) is 32.4 Å². The number of allylic oxidation sites excluding steroid dienone is 2. The number of nitrogens with zero attached hydrogens (tertiary/aromatic N) is 2. The predicted molar refractivity (Wildman–Crippen MR) is 160 cm³/mol. The first kappa shape index (κ1) is 33.1. The molecule has 10 heteroatoms. The maximum absolute atomic E-state index is 13.9. The molecule has 1 saturated carbocycles. The molecular formula is C33H52N2O8. The molecule has 43 heavy (non-hydrogen) atoms. The fourth-order valence-corrected chi connectivity index (χ4v) is 9.13. The van der Waals surface area contributed by atoms with Gasteiger partial charge >= 0.3 is 24.1 Å². The van der Waals surface area contributed by atoms with Crippen molar-refractivity contribution in [3.05, 3.63) is 12.2 Å². The average Bonchev–Trinajstić information content (AvgIpc) is 3.50. The van der Waals surface area contributed by atoms with Crippen molar-refractivity contribution in [2.24, 2.45) is 34.5 Å². The minimum atomic E-state index is -1.71. The van der Waals surface area contributed by atoms with E-state index in [1.54, 1.807) is 51.3 Å². The zero-order chi connectivity index (χ0) is 32.1. The number of amides is 2. The maximum atomic E-state index is 13.9. The third-order valence-electron chi connectivity index (χ3n) is 10.6. The number of carbonyl (C=O) groups excluding carboxylic acids is 2. The summed E-state index contributed by atoms with van der Waals surface area (Å²) in [6.07, 6.45) is 7.45. The molecule has 4 aliphatic rings. The smallest absolute Gasteiger partial charge is 0.410 e. The number of carboxylic acid groups (broad SMARTS) is 2. The highest BCUT2D eigenvalue weighted by Gasteiger charge is 2.78. The molecule has 0 radical (unpaired) electrons. The van der Waals surface area contributed by atoms with E-state index in [4.69, 9.17) is 9.47 Å². The molecule has 3 fully saturated rings. The average molecular weight is 605 g/mol. The highest BCUT2D eigenvalue weighted by molar-refractivity contribution is 5.90. The Morgan fingerprint density at radius 1 is 0.698 bits per heavy atom. The molecule has 4 rings (SSSR count). The lowest BCUT2D eigenvalue weighted by molar-refractivity contribution is -0.197. The van der Waals surface area contributed by atoms with Crippen LogP contribution in [0, 0.1) is 34.5 Å². The zero-order valence-corrected chi connectivity index (χ0v) is 27.2. The van der Waals surface area contributed by atoms with Gasteiger partial charge in [-0.1, -0.05) is 26.0 Å². The molecule has 2 heterocycles. The fraction of sp³-hybridized carbons (Fsp3) is 0.818. The van der Waals surface area contributed by atoms with Crippen molar-refractivity contribution < 1.29 is 38.9 Å². The molecule has 2 amide bonds. The molecule has 8 unspecified atom stereocenters. The van der Waals surface area contributed by atoms with Gasteiger partial charge in [-0.3, -0.25) is 9.59 Å². The standard InChI is InChI=1S/C33H52N2O8/c1-20(24-13-9-11-17-34(24)28(40)42-30(3,4)5)32(26(36)37)22-15-16-23(19-22)33(32,27(38)39)21(2)25-14-10-12-18-35(25)29(41)43-31(6,7)8/h15-16,20-25H,9-14,17-19H2,1-8H3,(H,36,37)(H,38,39). The number of likely N-dealkylation sites (tertiary alicyclic amines) is 2. The molecule has 2 saturated heterocycles. The quantitative estimate of drug-likeness (QED) is 0.343. The summed E-state index contributed by atoms with van der Waals surface area (Å²) < 4.78 is 11.5. The van der Waals surface area contributed by atoms with E-state index in [2.05, 4.69) is 0 Å². The van der Waals surface area contributed by atoms with E-state index in [1.807, 2.05) is 26.0 Å². The first-order valence-electron chi connectivity index (χ1n) is 16.0. The van der Waals surface area contributed by atoms with Crippen LogP contribution in [0.2, 0.25) is 0 Å². The summed E-state index contributed by atoms with van der Waals surface area (Å²) in [5.41, 5.74) is -4.88. The van der Waals surface area contributed by atoms with E-state index in [1.165, 1.54) is 0 Å². The van der Waals surface area contributed by atoms with E-state index in [0.717, 1.165) is 25.7 Å². The summed E-state index contributed by atoms with van der Waals surface area (Å²) in [5.74, 6) is -4.75. The minimum Gasteiger partial charge on any atom is -0.481 e. The molecule has 0 aromatic rings. The molecular weight excluding hydrogens is 552 g/mol. The van der Waals surface area contributed by atoms with Crippen molar-refractivity contribution >= 4 is 24.1 Å². The van der Waals surface area contributed by atoms with Crippen LogP contribution in [-0.2, 0) is 19.1 Å². The number of fused-ring (bicyclic) bond motifs is 2. The number of hydrogen-bond donors (Lipinski definition) is 2. The number of carboxylic acids is 2. The molecule has 0 aromatic carbocycles. The molecule has 2 aliphatic heterocycles. The topological polar surface area (TPSA) is 134 Å². The summed E-state index contributed by atoms with van der Waals surface area (Å²) >= 11 is 0. The van der Waals surface area contributed by atoms with Gasteiger partial charge in [0.15, 0.2) is 0 Å². The number of rotatable bonds is 6. The van der Waals surface area contributed by atoms with E-state index in [-0.39, 0.29) is 0 Å². The first-order chi connectivity index (χ1) is 19.9. The number of hydrogen-bond acceptors (Lipinski definition) is 6. The van der Waals surface area contributed by atoms with Gasteiger partial charge in [0.05, 0.1) is 10.8 Å². The lowest BCUT2D eigenvalue weighted by Crippen LogP contribution is -2.67. The molecule has 242 valence electrons. The molecule has 0 aromatic heterocycles. The third-order valence-corrected chi connectivity index (χ3v) is 10.6. The van der Waals surface area contributed by atoms with Crippen molar-refractivity contribution in [2.75, 3.05) is 13.1 Å². The second kappa shape index (κ2) is 11.6. The number of aliphatic carboxylic acids is 2. The van der Waals surface area contributed by atoms with Gasteiger partial charge in [0.25, 0.3) is 0 Å². The lowest BCUT2D eigenvalue weighted by atomic mass is 9.46. The summed E-state index contributed by atoms with van der Waals surface area (Å²) in [7, 11) is 0. The van der Waals surface area contributed by atoms with Crippen molar-refractivity contribution in [3.8, 4) is 0 Å². The van der Waals surface area contributed by atoms with Gasteiger partial charge in [-0.2, -0.15) is 0 Å². The third kappa shape index (κ3) is 5.52. The van der Waals surface area contributed by atoms with Gasteiger partial charge in [-0.25, -0.2) is 9.59 Å². The Morgan fingerprint density at radius 3 is 1.35 bits per heavy atom.